The number of hydrogen-bond donors (Lipinski definition) is 4. The second-order valence-electron chi connectivity index (χ2n) is 16.8. The van der Waals surface area contributed by atoms with Crippen LogP contribution in [-0.4, -0.2) is 75.0 Å². The molecule has 0 aromatic heterocycles. The Kier molecular flexibility index (Phi) is 44.7. The molecule has 8 heteroatoms. The number of nitrogens with one attached hydrogen (secondary N) is 4. The molecular formula is C48H97N5O3. The summed E-state index contributed by atoms with van der Waals surface area (Å²) < 4.78 is 0. The highest BCUT2D eigenvalue weighted by atomic mass is 16.2. The molecule has 0 fully saturated rings. The Balaban J connectivity index is 4.25. The summed E-state index contributed by atoms with van der Waals surface area (Å²) in [4.78, 5) is 39.9. The van der Waals surface area contributed by atoms with Crippen molar-refractivity contribution >= 4 is 17.7 Å². The minimum atomic E-state index is 0.110. The van der Waals surface area contributed by atoms with Gasteiger partial charge in [0.05, 0.1) is 0 Å². The predicted molar refractivity (Wildman–Crippen MR) is 242 cm³/mol. The van der Waals surface area contributed by atoms with E-state index >= 15 is 0 Å². The molecule has 0 bridgehead atoms. The van der Waals surface area contributed by atoms with Crippen molar-refractivity contribution < 1.29 is 14.4 Å². The highest BCUT2D eigenvalue weighted by Gasteiger charge is 2.11. The van der Waals surface area contributed by atoms with Gasteiger partial charge in [-0.05, 0) is 38.8 Å². The lowest BCUT2D eigenvalue weighted by Crippen LogP contribution is -2.36. The second-order valence-corrected chi connectivity index (χ2v) is 16.8. The van der Waals surface area contributed by atoms with Crippen molar-refractivity contribution in [1.29, 1.82) is 0 Å². The van der Waals surface area contributed by atoms with Crippen LogP contribution in [0.4, 0.5) is 0 Å². The van der Waals surface area contributed by atoms with E-state index in [4.69, 9.17) is 0 Å². The number of unbranched alkanes of at least 4 members (excludes halogenated alkanes) is 27. The van der Waals surface area contributed by atoms with Gasteiger partial charge in [0.1, 0.15) is 0 Å². The molecular weight excluding hydrogens is 695 g/mol. The Morgan fingerprint density at radius 3 is 0.911 bits per heavy atom. The first-order valence-electron chi connectivity index (χ1n) is 24.8. The number of hydrogen-bond acceptors (Lipinski definition) is 5. The first-order chi connectivity index (χ1) is 27.5. The zero-order chi connectivity index (χ0) is 40.8. The molecule has 0 saturated heterocycles. The highest BCUT2D eigenvalue weighted by Crippen LogP contribution is 2.12. The molecule has 56 heavy (non-hydrogen) atoms. The van der Waals surface area contributed by atoms with E-state index in [1.54, 1.807) is 0 Å². The van der Waals surface area contributed by atoms with Crippen LogP contribution in [0.5, 0.6) is 0 Å². The van der Waals surface area contributed by atoms with Crippen LogP contribution in [0.1, 0.15) is 239 Å². The van der Waals surface area contributed by atoms with Crippen LogP contribution in [0.15, 0.2) is 0 Å². The maximum Gasteiger partial charge on any atom is 0.221 e. The molecule has 0 saturated carbocycles. The monoisotopic (exact) mass is 792 g/mol. The minimum Gasteiger partial charge on any atom is -0.356 e. The molecule has 0 aliphatic rings. The van der Waals surface area contributed by atoms with Crippen LogP contribution in [0.2, 0.25) is 0 Å². The van der Waals surface area contributed by atoms with Gasteiger partial charge in [-0.3, -0.25) is 14.4 Å². The number of rotatable bonds is 46. The topological polar surface area (TPSA) is 103 Å². The average Bonchev–Trinajstić information content (AvgIpc) is 3.20. The van der Waals surface area contributed by atoms with E-state index in [1.807, 2.05) is 0 Å². The summed E-state index contributed by atoms with van der Waals surface area (Å²) in [7, 11) is 0. The van der Waals surface area contributed by atoms with E-state index in [9.17, 15) is 14.4 Å². The van der Waals surface area contributed by atoms with Gasteiger partial charge in [-0.15, -0.1) is 0 Å². The predicted octanol–water partition coefficient (Wildman–Crippen LogP) is 11.5. The Hall–Kier alpha value is -1.67. The molecule has 0 atom stereocenters. The fraction of sp³-hybridized carbons (Fsp3) is 0.938. The Morgan fingerprint density at radius 1 is 0.304 bits per heavy atom. The maximum absolute atomic E-state index is 12.7. The summed E-state index contributed by atoms with van der Waals surface area (Å²) in [5, 5.41) is 12.8. The highest BCUT2D eigenvalue weighted by molar-refractivity contribution is 5.77. The zero-order valence-electron chi connectivity index (χ0n) is 37.9. The molecule has 0 aromatic rings. The third-order valence-corrected chi connectivity index (χ3v) is 11.2. The van der Waals surface area contributed by atoms with Crippen molar-refractivity contribution in [3.63, 3.8) is 0 Å². The number of nitrogens with zero attached hydrogens (tertiary/aromatic N) is 1. The van der Waals surface area contributed by atoms with Gasteiger partial charge in [-0.2, -0.15) is 0 Å². The van der Waals surface area contributed by atoms with Crippen molar-refractivity contribution in [3.05, 3.63) is 0 Å². The first kappa shape index (κ1) is 54.3. The Bertz CT molecular complexity index is 800. The van der Waals surface area contributed by atoms with E-state index in [1.165, 1.54) is 173 Å². The van der Waals surface area contributed by atoms with Crippen LogP contribution in [0, 0.1) is 0 Å². The van der Waals surface area contributed by atoms with Gasteiger partial charge in [0.15, 0.2) is 0 Å². The van der Waals surface area contributed by atoms with Crippen LogP contribution in [0.25, 0.3) is 0 Å². The summed E-state index contributed by atoms with van der Waals surface area (Å²) in [5.41, 5.74) is 0. The quantitative estimate of drug-likeness (QED) is 0.0460. The molecule has 0 rings (SSSR count). The van der Waals surface area contributed by atoms with Gasteiger partial charge < -0.3 is 26.2 Å². The SMILES string of the molecule is CCCCCCCCCCCCNC(=O)CCNCCCN(CCC(=O)NCCCCCCCCCCCC)CCC(=O)NCCCCCCCCCCCC. The van der Waals surface area contributed by atoms with E-state index in [2.05, 4.69) is 46.9 Å². The van der Waals surface area contributed by atoms with Crippen molar-refractivity contribution in [2.24, 2.45) is 0 Å². The van der Waals surface area contributed by atoms with Crippen LogP contribution in [-0.2, 0) is 14.4 Å². The summed E-state index contributed by atoms with van der Waals surface area (Å²) in [5.74, 6) is 0.347. The van der Waals surface area contributed by atoms with Gasteiger partial charge in [0, 0.05) is 58.5 Å². The fourth-order valence-corrected chi connectivity index (χ4v) is 7.40. The molecule has 4 N–H and O–H groups in total. The number of amides is 3. The smallest absolute Gasteiger partial charge is 0.221 e. The second kappa shape index (κ2) is 46.0. The van der Waals surface area contributed by atoms with Gasteiger partial charge in [0.25, 0.3) is 0 Å². The van der Waals surface area contributed by atoms with Crippen molar-refractivity contribution in [2.45, 2.75) is 239 Å². The molecule has 0 aromatic carbocycles. The van der Waals surface area contributed by atoms with Gasteiger partial charge >= 0.3 is 0 Å². The molecule has 0 heterocycles. The minimum absolute atomic E-state index is 0.110. The van der Waals surface area contributed by atoms with Gasteiger partial charge in [-0.25, -0.2) is 0 Å². The Morgan fingerprint density at radius 2 is 0.589 bits per heavy atom. The zero-order valence-corrected chi connectivity index (χ0v) is 37.9. The van der Waals surface area contributed by atoms with Crippen LogP contribution >= 0.6 is 0 Å². The molecule has 3 amide bonds. The normalized spacial score (nSPS) is 11.4. The van der Waals surface area contributed by atoms with E-state index in [0.29, 0.717) is 38.9 Å². The van der Waals surface area contributed by atoms with E-state index in [-0.39, 0.29) is 17.7 Å². The molecule has 0 aliphatic heterocycles. The third-order valence-electron chi connectivity index (χ3n) is 11.2. The number of carbonyl (C=O) groups is 3. The number of carbonyl (C=O) groups excluding carboxylic acids is 3. The van der Waals surface area contributed by atoms with Crippen molar-refractivity contribution in [1.82, 2.24) is 26.2 Å². The average molecular weight is 792 g/mol. The molecule has 8 nitrogen and oxygen atoms in total. The van der Waals surface area contributed by atoms with Crippen LogP contribution < -0.4 is 21.3 Å². The van der Waals surface area contributed by atoms with E-state index in [0.717, 1.165) is 58.4 Å². The summed E-state index contributed by atoms with van der Waals surface area (Å²) in [6.07, 6.45) is 41.2. The lowest BCUT2D eigenvalue weighted by Gasteiger charge is -2.22. The third kappa shape index (κ3) is 43.5. The molecule has 0 radical (unpaired) electrons. The molecule has 332 valence electrons. The first-order valence-corrected chi connectivity index (χ1v) is 24.8. The Labute approximate surface area is 348 Å². The largest absolute Gasteiger partial charge is 0.356 e. The summed E-state index contributed by atoms with van der Waals surface area (Å²) in [6.45, 7) is 12.7. The fourth-order valence-electron chi connectivity index (χ4n) is 7.40. The van der Waals surface area contributed by atoms with Crippen molar-refractivity contribution in [2.75, 3.05) is 52.4 Å². The van der Waals surface area contributed by atoms with Crippen molar-refractivity contribution in [3.8, 4) is 0 Å². The molecule has 0 spiro atoms. The van der Waals surface area contributed by atoms with Gasteiger partial charge in [-0.1, -0.05) is 194 Å². The summed E-state index contributed by atoms with van der Waals surface area (Å²) >= 11 is 0. The standard InChI is InChI=1S/C48H97N5O3/c1-4-7-10-13-16-19-22-25-28-31-39-50-46(54)35-42-49-38-34-43-53(44-36-47(55)51-40-32-29-26-23-20-17-14-11-8-5-2)45-37-48(56)52-41-33-30-27-24-21-18-15-12-9-6-3/h49H,4-45H2,1-3H3,(H,50,54)(H,51,55)(H,52,56). The lowest BCUT2D eigenvalue weighted by atomic mass is 10.1. The maximum atomic E-state index is 12.7. The summed E-state index contributed by atoms with van der Waals surface area (Å²) in [6, 6.07) is 0. The molecule has 0 aliphatic carbocycles. The van der Waals surface area contributed by atoms with Gasteiger partial charge in [0.2, 0.25) is 17.7 Å². The van der Waals surface area contributed by atoms with E-state index < -0.39 is 0 Å². The lowest BCUT2D eigenvalue weighted by molar-refractivity contribution is -0.122. The molecule has 0 unspecified atom stereocenters. The van der Waals surface area contributed by atoms with Crippen LogP contribution in [0.3, 0.4) is 0 Å².